The summed E-state index contributed by atoms with van der Waals surface area (Å²) in [6.07, 6.45) is 5.27. The van der Waals surface area contributed by atoms with Crippen molar-refractivity contribution in [2.75, 3.05) is 13.2 Å². The van der Waals surface area contributed by atoms with Crippen LogP contribution in [0.2, 0.25) is 0 Å². The largest absolute Gasteiger partial charge is 0.492 e. The molecule has 3 heteroatoms. The highest BCUT2D eigenvalue weighted by molar-refractivity contribution is 5.22. The summed E-state index contributed by atoms with van der Waals surface area (Å²) in [6, 6.07) is 6.92. The van der Waals surface area contributed by atoms with Gasteiger partial charge in [-0.15, -0.1) is 0 Å². The average Bonchev–Trinajstić information content (AvgIpc) is 2.37. The maximum Gasteiger partial charge on any atom is 0.126 e. The molecule has 0 spiro atoms. The van der Waals surface area contributed by atoms with Crippen molar-refractivity contribution >= 4 is 0 Å². The Morgan fingerprint density at radius 2 is 2.17 bits per heavy atom. The van der Waals surface area contributed by atoms with Crippen LogP contribution in [-0.2, 0) is 0 Å². The second-order valence-corrected chi connectivity index (χ2v) is 5.13. The van der Waals surface area contributed by atoms with E-state index >= 15 is 0 Å². The van der Waals surface area contributed by atoms with E-state index in [9.17, 15) is 4.39 Å². The Kier molecular flexibility index (Phi) is 5.00. The van der Waals surface area contributed by atoms with Gasteiger partial charge in [0.2, 0.25) is 0 Å². The topological polar surface area (TPSA) is 21.3 Å². The van der Waals surface area contributed by atoms with E-state index in [1.54, 1.807) is 12.1 Å². The van der Waals surface area contributed by atoms with Crippen LogP contribution in [0.4, 0.5) is 4.39 Å². The van der Waals surface area contributed by atoms with Gasteiger partial charge in [0.1, 0.15) is 18.2 Å². The van der Waals surface area contributed by atoms with Gasteiger partial charge < -0.3 is 10.1 Å². The summed E-state index contributed by atoms with van der Waals surface area (Å²) in [4.78, 5) is 0. The van der Waals surface area contributed by atoms with Crippen LogP contribution in [0.1, 0.15) is 32.6 Å². The van der Waals surface area contributed by atoms with Gasteiger partial charge in [-0.05, 0) is 30.9 Å². The van der Waals surface area contributed by atoms with Crippen molar-refractivity contribution in [3.63, 3.8) is 0 Å². The smallest absolute Gasteiger partial charge is 0.126 e. The summed E-state index contributed by atoms with van der Waals surface area (Å²) in [5.74, 6) is 1.11. The average molecular weight is 251 g/mol. The molecule has 2 nitrogen and oxygen atoms in total. The fraction of sp³-hybridized carbons (Fsp3) is 0.600. The Labute approximate surface area is 109 Å². The lowest BCUT2D eigenvalue weighted by Crippen LogP contribution is -2.39. The Balaban J connectivity index is 1.66. The minimum Gasteiger partial charge on any atom is -0.492 e. The molecule has 0 aromatic heterocycles. The lowest BCUT2D eigenvalue weighted by molar-refractivity contribution is 0.251. The zero-order chi connectivity index (χ0) is 12.8. The maximum atomic E-state index is 12.9. The molecule has 1 aliphatic rings. The first-order valence-electron chi connectivity index (χ1n) is 6.87. The molecule has 2 atom stereocenters. The van der Waals surface area contributed by atoms with Gasteiger partial charge >= 0.3 is 0 Å². The van der Waals surface area contributed by atoms with Crippen molar-refractivity contribution in [1.29, 1.82) is 0 Å². The van der Waals surface area contributed by atoms with E-state index in [-0.39, 0.29) is 5.82 Å². The van der Waals surface area contributed by atoms with Gasteiger partial charge in [-0.2, -0.15) is 0 Å². The molecule has 2 unspecified atom stereocenters. The van der Waals surface area contributed by atoms with Crippen LogP contribution in [0.3, 0.4) is 0 Å². The molecule has 0 aliphatic heterocycles. The van der Waals surface area contributed by atoms with E-state index in [1.165, 1.54) is 37.8 Å². The summed E-state index contributed by atoms with van der Waals surface area (Å²) in [5, 5.41) is 3.54. The van der Waals surface area contributed by atoms with Crippen molar-refractivity contribution in [3.8, 4) is 5.75 Å². The minimum absolute atomic E-state index is 0.249. The zero-order valence-electron chi connectivity index (χ0n) is 11.0. The SMILES string of the molecule is CC1CCCCC1NCCOc1cccc(F)c1. The number of ether oxygens (including phenoxy) is 1. The molecule has 0 saturated heterocycles. The Bertz CT molecular complexity index is 369. The van der Waals surface area contributed by atoms with Crippen molar-refractivity contribution in [2.24, 2.45) is 5.92 Å². The summed E-state index contributed by atoms with van der Waals surface area (Å²) in [6.45, 7) is 3.72. The second-order valence-electron chi connectivity index (χ2n) is 5.13. The monoisotopic (exact) mass is 251 g/mol. The van der Waals surface area contributed by atoms with Crippen LogP contribution >= 0.6 is 0 Å². The quantitative estimate of drug-likeness (QED) is 0.810. The molecule has 0 amide bonds. The normalized spacial score (nSPS) is 23.9. The van der Waals surface area contributed by atoms with Crippen LogP contribution < -0.4 is 10.1 Å². The van der Waals surface area contributed by atoms with Crippen LogP contribution in [0, 0.1) is 11.7 Å². The summed E-state index contributed by atoms with van der Waals surface area (Å²) < 4.78 is 18.4. The van der Waals surface area contributed by atoms with Crippen LogP contribution in [-0.4, -0.2) is 19.2 Å². The van der Waals surface area contributed by atoms with Gasteiger partial charge in [-0.3, -0.25) is 0 Å². The van der Waals surface area contributed by atoms with Crippen molar-refractivity contribution in [2.45, 2.75) is 38.6 Å². The molecule has 1 fully saturated rings. The van der Waals surface area contributed by atoms with E-state index in [1.807, 2.05) is 0 Å². The number of hydrogen-bond acceptors (Lipinski definition) is 2. The first-order chi connectivity index (χ1) is 8.75. The van der Waals surface area contributed by atoms with Crippen LogP contribution in [0.5, 0.6) is 5.75 Å². The lowest BCUT2D eigenvalue weighted by Gasteiger charge is -2.29. The highest BCUT2D eigenvalue weighted by atomic mass is 19.1. The molecular formula is C15H22FNO. The number of nitrogens with one attached hydrogen (secondary N) is 1. The number of rotatable bonds is 5. The lowest BCUT2D eigenvalue weighted by atomic mass is 9.86. The van der Waals surface area contributed by atoms with E-state index in [0.29, 0.717) is 18.4 Å². The molecule has 1 N–H and O–H groups in total. The second kappa shape index (κ2) is 6.74. The van der Waals surface area contributed by atoms with E-state index in [4.69, 9.17) is 4.74 Å². The van der Waals surface area contributed by atoms with Gasteiger partial charge in [-0.1, -0.05) is 25.8 Å². The summed E-state index contributed by atoms with van der Waals surface area (Å²) in [5.41, 5.74) is 0. The zero-order valence-corrected chi connectivity index (χ0v) is 11.0. The Morgan fingerprint density at radius 1 is 1.33 bits per heavy atom. The Hall–Kier alpha value is -1.09. The third-order valence-electron chi connectivity index (χ3n) is 3.68. The molecule has 1 aromatic carbocycles. The third kappa shape index (κ3) is 3.98. The van der Waals surface area contributed by atoms with Crippen molar-refractivity contribution in [1.82, 2.24) is 5.32 Å². The highest BCUT2D eigenvalue weighted by Crippen LogP contribution is 2.23. The van der Waals surface area contributed by atoms with E-state index < -0.39 is 0 Å². The van der Waals surface area contributed by atoms with Crippen molar-refractivity contribution in [3.05, 3.63) is 30.1 Å². The van der Waals surface area contributed by atoms with Gasteiger partial charge in [-0.25, -0.2) is 4.39 Å². The molecular weight excluding hydrogens is 229 g/mol. The van der Waals surface area contributed by atoms with Gasteiger partial charge in [0.25, 0.3) is 0 Å². The molecule has 0 radical (unpaired) electrons. The predicted octanol–water partition coefficient (Wildman–Crippen LogP) is 3.37. The third-order valence-corrected chi connectivity index (χ3v) is 3.68. The van der Waals surface area contributed by atoms with E-state index in [0.717, 1.165) is 12.5 Å². The first-order valence-corrected chi connectivity index (χ1v) is 6.87. The molecule has 100 valence electrons. The number of halogens is 1. The van der Waals surface area contributed by atoms with Gasteiger partial charge in [0.05, 0.1) is 0 Å². The van der Waals surface area contributed by atoms with E-state index in [2.05, 4.69) is 12.2 Å². The van der Waals surface area contributed by atoms with Crippen LogP contribution in [0.15, 0.2) is 24.3 Å². The molecule has 2 rings (SSSR count). The number of hydrogen-bond donors (Lipinski definition) is 1. The molecule has 0 heterocycles. The molecule has 18 heavy (non-hydrogen) atoms. The van der Waals surface area contributed by atoms with Crippen LogP contribution in [0.25, 0.3) is 0 Å². The maximum absolute atomic E-state index is 12.9. The predicted molar refractivity (Wildman–Crippen MR) is 71.3 cm³/mol. The van der Waals surface area contributed by atoms with Gasteiger partial charge in [0, 0.05) is 18.7 Å². The standard InChI is InChI=1S/C15H22FNO/c1-12-5-2-3-8-15(12)17-9-10-18-14-7-4-6-13(16)11-14/h4,6-7,11-12,15,17H,2-3,5,8-10H2,1H3. The molecule has 1 aliphatic carbocycles. The number of benzene rings is 1. The Morgan fingerprint density at radius 3 is 2.94 bits per heavy atom. The van der Waals surface area contributed by atoms with Crippen molar-refractivity contribution < 1.29 is 9.13 Å². The van der Waals surface area contributed by atoms with Gasteiger partial charge in [0.15, 0.2) is 0 Å². The molecule has 1 aromatic rings. The highest BCUT2D eigenvalue weighted by Gasteiger charge is 2.20. The molecule has 1 saturated carbocycles. The fourth-order valence-electron chi connectivity index (χ4n) is 2.59. The summed E-state index contributed by atoms with van der Waals surface area (Å²) >= 11 is 0. The first kappa shape index (κ1) is 13.3. The summed E-state index contributed by atoms with van der Waals surface area (Å²) in [7, 11) is 0. The fourth-order valence-corrected chi connectivity index (χ4v) is 2.59. The minimum atomic E-state index is -0.249. The molecule has 0 bridgehead atoms.